The van der Waals surface area contributed by atoms with E-state index in [-0.39, 0.29) is 17.2 Å². The van der Waals surface area contributed by atoms with Gasteiger partial charge in [0.15, 0.2) is 0 Å². The summed E-state index contributed by atoms with van der Waals surface area (Å²) >= 11 is 0. The van der Waals surface area contributed by atoms with Crippen molar-refractivity contribution in [1.29, 1.82) is 0 Å². The van der Waals surface area contributed by atoms with Gasteiger partial charge in [0.1, 0.15) is 0 Å². The van der Waals surface area contributed by atoms with E-state index in [0.29, 0.717) is 5.70 Å². The highest BCUT2D eigenvalue weighted by atomic mass is 16.2. The molecule has 3 heteroatoms. The van der Waals surface area contributed by atoms with Gasteiger partial charge in [-0.05, 0) is 37.0 Å². The van der Waals surface area contributed by atoms with E-state index < -0.39 is 0 Å². The average molecular weight is 383 g/mol. The summed E-state index contributed by atoms with van der Waals surface area (Å²) in [5.74, 6) is -0.129. The molecule has 3 nitrogen and oxygen atoms in total. The molecule has 3 aromatic rings. The average Bonchev–Trinajstić information content (AvgIpc) is 3.50. The molecule has 1 atom stereocenters. The third-order valence-electron chi connectivity index (χ3n) is 5.90. The molecule has 0 saturated heterocycles. The molecule has 0 heterocycles. The highest BCUT2D eigenvalue weighted by Crippen LogP contribution is 2.58. The summed E-state index contributed by atoms with van der Waals surface area (Å²) in [6, 6.07) is 26.8. The molecule has 1 fully saturated rings. The summed E-state index contributed by atoms with van der Waals surface area (Å²) < 4.78 is 0. The molecule has 1 saturated carbocycles. The first-order valence-electron chi connectivity index (χ1n) is 9.96. The van der Waals surface area contributed by atoms with E-state index in [2.05, 4.69) is 54.7 Å². The monoisotopic (exact) mass is 382 g/mol. The molecule has 2 N–H and O–H groups in total. The van der Waals surface area contributed by atoms with Crippen LogP contribution >= 0.6 is 0 Å². The zero-order valence-corrected chi connectivity index (χ0v) is 16.9. The van der Waals surface area contributed by atoms with Gasteiger partial charge in [0.05, 0.1) is 11.6 Å². The van der Waals surface area contributed by atoms with Gasteiger partial charge < -0.3 is 0 Å². The zero-order valence-electron chi connectivity index (χ0n) is 16.9. The molecule has 0 radical (unpaired) electrons. The first kappa shape index (κ1) is 19.0. The van der Waals surface area contributed by atoms with Crippen LogP contribution in [0.4, 0.5) is 0 Å². The fourth-order valence-electron chi connectivity index (χ4n) is 4.30. The highest BCUT2D eigenvalue weighted by molar-refractivity contribution is 5.86. The van der Waals surface area contributed by atoms with Crippen LogP contribution in [0.5, 0.6) is 0 Å². The number of rotatable bonds is 6. The molecular formula is C26H26N2O. The van der Waals surface area contributed by atoms with E-state index in [1.807, 2.05) is 55.5 Å². The summed E-state index contributed by atoms with van der Waals surface area (Å²) in [7, 11) is 0. The summed E-state index contributed by atoms with van der Waals surface area (Å²) in [6.45, 7) is 8.21. The third-order valence-corrected chi connectivity index (χ3v) is 5.90. The number of hydrazine groups is 1. The van der Waals surface area contributed by atoms with E-state index >= 15 is 0 Å². The van der Waals surface area contributed by atoms with Crippen LogP contribution in [0.3, 0.4) is 0 Å². The molecule has 3 aromatic carbocycles. The molecular weight excluding hydrogens is 356 g/mol. The minimum Gasteiger partial charge on any atom is -0.299 e. The maximum absolute atomic E-state index is 13.0. The Bertz CT molecular complexity index is 1000. The van der Waals surface area contributed by atoms with Crippen molar-refractivity contribution in [3.8, 4) is 0 Å². The Morgan fingerprint density at radius 1 is 0.897 bits per heavy atom. The van der Waals surface area contributed by atoms with Crippen molar-refractivity contribution in [2.75, 3.05) is 0 Å². The number of hydrogen-bond acceptors (Lipinski definition) is 2. The van der Waals surface area contributed by atoms with Crippen LogP contribution in [0.15, 0.2) is 85.4 Å². The van der Waals surface area contributed by atoms with Gasteiger partial charge in [0.25, 0.3) is 0 Å². The van der Waals surface area contributed by atoms with Crippen LogP contribution in [0.2, 0.25) is 0 Å². The van der Waals surface area contributed by atoms with E-state index in [9.17, 15) is 4.79 Å². The van der Waals surface area contributed by atoms with E-state index in [0.717, 1.165) is 17.5 Å². The Morgan fingerprint density at radius 2 is 1.48 bits per heavy atom. The zero-order chi connectivity index (χ0) is 20.4. The minimum absolute atomic E-state index is 0.0105. The van der Waals surface area contributed by atoms with Gasteiger partial charge in [0.2, 0.25) is 5.91 Å². The quantitative estimate of drug-likeness (QED) is 0.595. The van der Waals surface area contributed by atoms with Gasteiger partial charge in [-0.25, -0.2) is 0 Å². The SMILES string of the molecule is C=C(NNC(=O)C1CC1(c1ccccc1)c1ccccc1)c1ccc(C)cc1C. The van der Waals surface area contributed by atoms with Crippen LogP contribution in [0, 0.1) is 19.8 Å². The molecule has 0 spiro atoms. The van der Waals surface area contributed by atoms with Crippen molar-refractivity contribution in [1.82, 2.24) is 10.9 Å². The lowest BCUT2D eigenvalue weighted by atomic mass is 9.85. The summed E-state index contributed by atoms with van der Waals surface area (Å²) in [6.07, 6.45) is 0.796. The Kier molecular flexibility index (Phi) is 4.98. The molecule has 0 bridgehead atoms. The predicted molar refractivity (Wildman–Crippen MR) is 118 cm³/mol. The number of nitrogens with one attached hydrogen (secondary N) is 2. The molecule has 1 aliphatic rings. The third kappa shape index (κ3) is 3.56. The van der Waals surface area contributed by atoms with Crippen molar-refractivity contribution in [3.63, 3.8) is 0 Å². The largest absolute Gasteiger partial charge is 0.299 e. The Hall–Kier alpha value is -3.33. The second kappa shape index (κ2) is 7.59. The number of carbonyl (C=O) groups is 1. The number of benzene rings is 3. The lowest BCUT2D eigenvalue weighted by molar-refractivity contribution is -0.123. The van der Waals surface area contributed by atoms with Crippen LogP contribution < -0.4 is 10.9 Å². The highest BCUT2D eigenvalue weighted by Gasteiger charge is 2.60. The maximum Gasteiger partial charge on any atom is 0.242 e. The second-order valence-corrected chi connectivity index (χ2v) is 7.87. The number of hydrogen-bond donors (Lipinski definition) is 2. The van der Waals surface area contributed by atoms with Crippen LogP contribution in [0.1, 0.15) is 34.2 Å². The molecule has 29 heavy (non-hydrogen) atoms. The Labute approximate surface area is 172 Å². The fraction of sp³-hybridized carbons (Fsp3) is 0.192. The first-order chi connectivity index (χ1) is 14.0. The van der Waals surface area contributed by atoms with Crippen molar-refractivity contribution in [2.24, 2.45) is 5.92 Å². The van der Waals surface area contributed by atoms with E-state index in [1.54, 1.807) is 0 Å². The first-order valence-corrected chi connectivity index (χ1v) is 9.96. The van der Waals surface area contributed by atoms with Crippen LogP contribution in [0.25, 0.3) is 5.70 Å². The topological polar surface area (TPSA) is 41.1 Å². The van der Waals surface area contributed by atoms with Crippen molar-refractivity contribution >= 4 is 11.6 Å². The van der Waals surface area contributed by atoms with Crippen molar-refractivity contribution in [2.45, 2.75) is 25.7 Å². The van der Waals surface area contributed by atoms with Gasteiger partial charge in [-0.3, -0.25) is 15.6 Å². The molecule has 0 aliphatic heterocycles. The minimum atomic E-state index is -0.268. The number of aryl methyl sites for hydroxylation is 2. The van der Waals surface area contributed by atoms with Crippen LogP contribution in [-0.2, 0) is 10.2 Å². The van der Waals surface area contributed by atoms with Gasteiger partial charge in [-0.2, -0.15) is 0 Å². The number of amides is 1. The molecule has 0 aromatic heterocycles. The van der Waals surface area contributed by atoms with Gasteiger partial charge in [-0.15, -0.1) is 0 Å². The van der Waals surface area contributed by atoms with E-state index in [1.165, 1.54) is 16.7 Å². The molecule has 1 unspecified atom stereocenters. The normalized spacial score (nSPS) is 16.7. The summed E-state index contributed by atoms with van der Waals surface area (Å²) in [5.41, 5.74) is 12.0. The van der Waals surface area contributed by atoms with Crippen molar-refractivity contribution < 1.29 is 4.79 Å². The molecule has 1 amide bonds. The molecule has 1 aliphatic carbocycles. The van der Waals surface area contributed by atoms with Crippen LogP contribution in [-0.4, -0.2) is 5.91 Å². The van der Waals surface area contributed by atoms with Crippen molar-refractivity contribution in [3.05, 3.63) is 113 Å². The smallest absolute Gasteiger partial charge is 0.242 e. The maximum atomic E-state index is 13.0. The summed E-state index contributed by atoms with van der Waals surface area (Å²) in [5, 5.41) is 0. The molecule has 146 valence electrons. The predicted octanol–water partition coefficient (Wildman–Crippen LogP) is 4.90. The lowest BCUT2D eigenvalue weighted by Crippen LogP contribution is -2.38. The van der Waals surface area contributed by atoms with E-state index in [4.69, 9.17) is 0 Å². The van der Waals surface area contributed by atoms with Gasteiger partial charge in [-0.1, -0.05) is 91.0 Å². The second-order valence-electron chi connectivity index (χ2n) is 7.87. The van der Waals surface area contributed by atoms with Gasteiger partial charge in [0, 0.05) is 11.0 Å². The Morgan fingerprint density at radius 3 is 2.03 bits per heavy atom. The Balaban J connectivity index is 1.51. The lowest BCUT2D eigenvalue weighted by Gasteiger charge is -2.19. The molecule has 4 rings (SSSR count). The van der Waals surface area contributed by atoms with Gasteiger partial charge >= 0.3 is 0 Å². The summed E-state index contributed by atoms with van der Waals surface area (Å²) in [4.78, 5) is 13.0. The fourth-order valence-corrected chi connectivity index (χ4v) is 4.30. The standard InChI is InChI=1S/C26H26N2O/c1-18-14-15-23(19(2)16-18)20(3)27-28-25(29)24-17-26(24,21-10-6-4-7-11-21)22-12-8-5-9-13-22/h4-16,24,27H,3,17H2,1-2H3,(H,28,29). The number of carbonyl (C=O) groups excluding carboxylic acids is 1.